The predicted octanol–water partition coefficient (Wildman–Crippen LogP) is 3.39. The molecule has 0 bridgehead atoms. The Morgan fingerprint density at radius 1 is 1.38 bits per heavy atom. The first-order chi connectivity index (χ1) is 7.76. The standard InChI is InChI=1S/C13H19O2P/c1-3-16-15-12(13(2)9-14-10-13)11-7-5-4-6-8-11/h4-8,12,16H,3,9-10H2,1-2H3. The van der Waals surface area contributed by atoms with Gasteiger partial charge in [0.05, 0.1) is 19.3 Å². The van der Waals surface area contributed by atoms with Crippen LogP contribution in [0.15, 0.2) is 30.3 Å². The van der Waals surface area contributed by atoms with E-state index in [0.29, 0.717) is 8.81 Å². The van der Waals surface area contributed by atoms with Gasteiger partial charge >= 0.3 is 0 Å². The zero-order chi connectivity index (χ0) is 11.4. The topological polar surface area (TPSA) is 18.5 Å². The molecule has 2 atom stereocenters. The van der Waals surface area contributed by atoms with Crippen LogP contribution in [0.4, 0.5) is 0 Å². The monoisotopic (exact) mass is 238 g/mol. The molecule has 0 aromatic heterocycles. The molecule has 2 nitrogen and oxygen atoms in total. The molecule has 1 aromatic carbocycles. The summed E-state index contributed by atoms with van der Waals surface area (Å²) in [6.45, 7) is 6.01. The highest BCUT2D eigenvalue weighted by molar-refractivity contribution is 7.32. The molecule has 0 aliphatic carbocycles. The lowest BCUT2D eigenvalue weighted by molar-refractivity contribution is -0.152. The Kier molecular flexibility index (Phi) is 3.96. The third-order valence-corrected chi connectivity index (χ3v) is 3.64. The maximum Gasteiger partial charge on any atom is 0.0961 e. The van der Waals surface area contributed by atoms with E-state index in [2.05, 4.69) is 38.1 Å². The second-order valence-corrected chi connectivity index (χ2v) is 5.78. The van der Waals surface area contributed by atoms with Crippen molar-refractivity contribution in [3.05, 3.63) is 35.9 Å². The molecule has 2 unspecified atom stereocenters. The molecule has 1 heterocycles. The van der Waals surface area contributed by atoms with Crippen LogP contribution in [0, 0.1) is 5.41 Å². The summed E-state index contributed by atoms with van der Waals surface area (Å²) >= 11 is 0. The molecule has 1 saturated heterocycles. The van der Waals surface area contributed by atoms with Crippen LogP contribution in [-0.4, -0.2) is 19.4 Å². The van der Waals surface area contributed by atoms with Crippen molar-refractivity contribution >= 4 is 8.81 Å². The Balaban J connectivity index is 2.14. The summed E-state index contributed by atoms with van der Waals surface area (Å²) in [5.41, 5.74) is 1.43. The molecule has 16 heavy (non-hydrogen) atoms. The van der Waals surface area contributed by atoms with Crippen LogP contribution in [0.2, 0.25) is 0 Å². The summed E-state index contributed by atoms with van der Waals surface area (Å²) in [6.07, 6.45) is 1.26. The molecule has 0 spiro atoms. The Hall–Kier alpha value is -0.430. The van der Waals surface area contributed by atoms with E-state index >= 15 is 0 Å². The van der Waals surface area contributed by atoms with E-state index < -0.39 is 0 Å². The van der Waals surface area contributed by atoms with Crippen molar-refractivity contribution in [3.63, 3.8) is 0 Å². The van der Waals surface area contributed by atoms with Crippen LogP contribution < -0.4 is 0 Å². The fourth-order valence-electron chi connectivity index (χ4n) is 1.98. The number of ether oxygens (including phenoxy) is 1. The van der Waals surface area contributed by atoms with Gasteiger partial charge in [0.2, 0.25) is 0 Å². The number of hydrogen-bond donors (Lipinski definition) is 0. The minimum absolute atomic E-state index is 0.156. The molecule has 1 aliphatic heterocycles. The van der Waals surface area contributed by atoms with Crippen LogP contribution in [0.5, 0.6) is 0 Å². The van der Waals surface area contributed by atoms with Gasteiger partial charge in [0.25, 0.3) is 0 Å². The maximum atomic E-state index is 6.03. The fraction of sp³-hybridized carbons (Fsp3) is 0.538. The van der Waals surface area contributed by atoms with Crippen LogP contribution in [0.1, 0.15) is 25.5 Å². The third-order valence-electron chi connectivity index (χ3n) is 2.94. The Bertz CT molecular complexity index is 322. The van der Waals surface area contributed by atoms with Gasteiger partial charge in [-0.05, 0) is 11.7 Å². The van der Waals surface area contributed by atoms with Crippen LogP contribution in [0.25, 0.3) is 0 Å². The summed E-state index contributed by atoms with van der Waals surface area (Å²) in [4.78, 5) is 0. The largest absolute Gasteiger partial charge is 0.380 e. The molecule has 1 fully saturated rings. The number of rotatable bonds is 5. The summed E-state index contributed by atoms with van der Waals surface area (Å²) < 4.78 is 11.4. The molecule has 3 heteroatoms. The highest BCUT2D eigenvalue weighted by atomic mass is 31.1. The normalized spacial score (nSPS) is 20.9. The SMILES string of the molecule is CCPOC(c1ccccc1)C1(C)COC1. The van der Waals surface area contributed by atoms with Crippen molar-refractivity contribution in [2.45, 2.75) is 20.0 Å². The van der Waals surface area contributed by atoms with E-state index in [9.17, 15) is 0 Å². The third kappa shape index (κ3) is 2.45. The minimum Gasteiger partial charge on any atom is -0.380 e. The molecular formula is C13H19O2P. The Morgan fingerprint density at radius 2 is 2.06 bits per heavy atom. The average molecular weight is 238 g/mol. The summed E-state index contributed by atoms with van der Waals surface area (Å²) in [5.74, 6) is 0. The lowest BCUT2D eigenvalue weighted by Crippen LogP contribution is -2.45. The van der Waals surface area contributed by atoms with Gasteiger partial charge in [-0.3, -0.25) is 0 Å². The predicted molar refractivity (Wildman–Crippen MR) is 68.1 cm³/mol. The quantitative estimate of drug-likeness (QED) is 0.732. The van der Waals surface area contributed by atoms with Gasteiger partial charge in [0.1, 0.15) is 0 Å². The molecule has 1 aliphatic rings. The van der Waals surface area contributed by atoms with Gasteiger partial charge in [-0.25, -0.2) is 0 Å². The first-order valence-corrected chi connectivity index (χ1v) is 6.89. The zero-order valence-electron chi connectivity index (χ0n) is 9.90. The van der Waals surface area contributed by atoms with E-state index in [1.54, 1.807) is 0 Å². The summed E-state index contributed by atoms with van der Waals surface area (Å²) in [5, 5.41) is 0. The second-order valence-electron chi connectivity index (χ2n) is 4.55. The summed E-state index contributed by atoms with van der Waals surface area (Å²) in [6, 6.07) is 10.5. The van der Waals surface area contributed by atoms with Crippen LogP contribution in [0.3, 0.4) is 0 Å². The highest BCUT2D eigenvalue weighted by Gasteiger charge is 2.42. The Labute approximate surface area is 99.2 Å². The van der Waals surface area contributed by atoms with Gasteiger partial charge in [0, 0.05) is 14.2 Å². The van der Waals surface area contributed by atoms with E-state index in [4.69, 9.17) is 9.26 Å². The Morgan fingerprint density at radius 3 is 2.56 bits per heavy atom. The molecule has 0 N–H and O–H groups in total. The van der Waals surface area contributed by atoms with E-state index in [1.807, 2.05) is 6.07 Å². The highest BCUT2D eigenvalue weighted by Crippen LogP contribution is 2.45. The van der Waals surface area contributed by atoms with Crippen molar-refractivity contribution in [1.82, 2.24) is 0 Å². The van der Waals surface area contributed by atoms with Crippen molar-refractivity contribution < 1.29 is 9.26 Å². The van der Waals surface area contributed by atoms with Crippen LogP contribution >= 0.6 is 8.81 Å². The number of hydrogen-bond acceptors (Lipinski definition) is 2. The fourth-order valence-corrected chi connectivity index (χ4v) is 2.74. The van der Waals surface area contributed by atoms with Gasteiger partial charge in [-0.1, -0.05) is 44.2 Å². The number of benzene rings is 1. The second kappa shape index (κ2) is 5.27. The zero-order valence-corrected chi connectivity index (χ0v) is 10.9. The van der Waals surface area contributed by atoms with Gasteiger partial charge in [-0.2, -0.15) is 0 Å². The van der Waals surface area contributed by atoms with E-state index in [-0.39, 0.29) is 11.5 Å². The first kappa shape index (κ1) is 12.0. The smallest absolute Gasteiger partial charge is 0.0961 e. The summed E-state index contributed by atoms with van der Waals surface area (Å²) in [7, 11) is 0.576. The van der Waals surface area contributed by atoms with Crippen LogP contribution in [-0.2, 0) is 9.26 Å². The minimum atomic E-state index is 0.156. The molecule has 1 aromatic rings. The molecule has 0 saturated carbocycles. The van der Waals surface area contributed by atoms with Gasteiger partial charge in [-0.15, -0.1) is 0 Å². The molecule has 88 valence electrons. The van der Waals surface area contributed by atoms with Crippen molar-refractivity contribution in [2.24, 2.45) is 5.41 Å². The maximum absolute atomic E-state index is 6.03. The lowest BCUT2D eigenvalue weighted by atomic mass is 9.79. The van der Waals surface area contributed by atoms with Gasteiger partial charge < -0.3 is 9.26 Å². The average Bonchev–Trinajstić information content (AvgIpc) is 2.28. The van der Waals surface area contributed by atoms with Crippen molar-refractivity contribution in [1.29, 1.82) is 0 Å². The van der Waals surface area contributed by atoms with E-state index in [1.165, 1.54) is 5.56 Å². The van der Waals surface area contributed by atoms with Crippen molar-refractivity contribution in [3.8, 4) is 0 Å². The molecular weight excluding hydrogens is 219 g/mol. The first-order valence-electron chi connectivity index (χ1n) is 5.77. The van der Waals surface area contributed by atoms with E-state index in [0.717, 1.165) is 19.4 Å². The van der Waals surface area contributed by atoms with Gasteiger partial charge in [0.15, 0.2) is 0 Å². The van der Waals surface area contributed by atoms with Crippen molar-refractivity contribution in [2.75, 3.05) is 19.4 Å². The molecule has 0 radical (unpaired) electrons. The molecule has 0 amide bonds. The lowest BCUT2D eigenvalue weighted by Gasteiger charge is -2.44. The molecule has 2 rings (SSSR count).